The standard InChI is InChI=1S/C23H34BNO6/c1-15(26)18-11-17(24-30-22(5,6)23(7,8)31-24)9-10-19(18)28-14-16-12-25(13-16)20(27)29-21(2,3)4/h9-11,16H,12-14H2,1-8H3. The molecule has 2 aliphatic rings. The van der Waals surface area contributed by atoms with Crippen molar-refractivity contribution in [3.8, 4) is 5.75 Å². The Bertz CT molecular complexity index is 838. The molecule has 0 bridgehead atoms. The molecule has 0 unspecified atom stereocenters. The van der Waals surface area contributed by atoms with Crippen LogP contribution in [0.25, 0.3) is 0 Å². The third-order valence-electron chi connectivity index (χ3n) is 5.99. The van der Waals surface area contributed by atoms with Crippen LogP contribution in [0, 0.1) is 5.92 Å². The Kier molecular flexibility index (Phi) is 6.19. The van der Waals surface area contributed by atoms with Crippen molar-refractivity contribution in [2.45, 2.75) is 72.2 Å². The highest BCUT2D eigenvalue weighted by molar-refractivity contribution is 6.62. The number of Topliss-reactive ketones (excluding diaryl/α,β-unsaturated/α-hetero) is 1. The van der Waals surface area contributed by atoms with Gasteiger partial charge < -0.3 is 23.7 Å². The molecule has 1 amide bonds. The fourth-order valence-electron chi connectivity index (χ4n) is 3.43. The zero-order chi connectivity index (χ0) is 23.2. The van der Waals surface area contributed by atoms with Crippen LogP contribution >= 0.6 is 0 Å². The van der Waals surface area contributed by atoms with Gasteiger partial charge in [0.2, 0.25) is 0 Å². The van der Waals surface area contributed by atoms with E-state index >= 15 is 0 Å². The first-order valence-corrected chi connectivity index (χ1v) is 10.8. The molecule has 0 spiro atoms. The van der Waals surface area contributed by atoms with Crippen LogP contribution in [0.4, 0.5) is 4.79 Å². The molecule has 170 valence electrons. The molecule has 3 rings (SSSR count). The molecular weight excluding hydrogens is 397 g/mol. The van der Waals surface area contributed by atoms with E-state index in [1.165, 1.54) is 6.92 Å². The third kappa shape index (κ3) is 5.23. The molecular formula is C23H34BNO6. The van der Waals surface area contributed by atoms with Crippen molar-refractivity contribution in [1.82, 2.24) is 4.90 Å². The summed E-state index contributed by atoms with van der Waals surface area (Å²) in [6.45, 7) is 16.6. The first-order chi connectivity index (χ1) is 14.2. The van der Waals surface area contributed by atoms with Crippen LogP contribution in [0.2, 0.25) is 0 Å². The Morgan fingerprint density at radius 3 is 2.23 bits per heavy atom. The molecule has 1 aromatic rings. The summed E-state index contributed by atoms with van der Waals surface area (Å²) in [6, 6.07) is 5.45. The van der Waals surface area contributed by atoms with Crippen LogP contribution < -0.4 is 10.2 Å². The minimum Gasteiger partial charge on any atom is -0.492 e. The van der Waals surface area contributed by atoms with Crippen molar-refractivity contribution in [2.24, 2.45) is 5.92 Å². The molecule has 2 aliphatic heterocycles. The average Bonchev–Trinajstić information content (AvgIpc) is 2.79. The first kappa shape index (κ1) is 23.6. The van der Waals surface area contributed by atoms with Gasteiger partial charge in [0.25, 0.3) is 0 Å². The summed E-state index contributed by atoms with van der Waals surface area (Å²) in [7, 11) is -0.536. The van der Waals surface area contributed by atoms with Gasteiger partial charge in [0.15, 0.2) is 5.78 Å². The van der Waals surface area contributed by atoms with Gasteiger partial charge in [0.05, 0.1) is 23.4 Å². The quantitative estimate of drug-likeness (QED) is 0.525. The molecule has 0 aliphatic carbocycles. The maximum absolute atomic E-state index is 12.3. The lowest BCUT2D eigenvalue weighted by atomic mass is 9.78. The lowest BCUT2D eigenvalue weighted by Crippen LogP contribution is -2.53. The van der Waals surface area contributed by atoms with E-state index in [1.807, 2.05) is 54.5 Å². The number of hydrogen-bond acceptors (Lipinski definition) is 6. The van der Waals surface area contributed by atoms with Crippen molar-refractivity contribution in [2.75, 3.05) is 19.7 Å². The van der Waals surface area contributed by atoms with Gasteiger partial charge in [-0.05, 0) is 73.0 Å². The zero-order valence-electron chi connectivity index (χ0n) is 19.9. The minimum atomic E-state index is -0.536. The Morgan fingerprint density at radius 1 is 1.13 bits per heavy atom. The topological polar surface area (TPSA) is 74.3 Å². The molecule has 1 aromatic carbocycles. The van der Waals surface area contributed by atoms with Crippen LogP contribution in [0.3, 0.4) is 0 Å². The number of ketones is 1. The largest absolute Gasteiger partial charge is 0.494 e. The second kappa shape index (κ2) is 8.13. The number of likely N-dealkylation sites (tertiary alicyclic amines) is 1. The number of ether oxygens (including phenoxy) is 2. The predicted molar refractivity (Wildman–Crippen MR) is 119 cm³/mol. The third-order valence-corrected chi connectivity index (χ3v) is 5.99. The van der Waals surface area contributed by atoms with Crippen molar-refractivity contribution in [1.29, 1.82) is 0 Å². The SMILES string of the molecule is CC(=O)c1cc(B2OC(C)(C)C(C)(C)O2)ccc1OCC1CN(C(=O)OC(C)(C)C)C1. The summed E-state index contributed by atoms with van der Waals surface area (Å²) >= 11 is 0. The van der Waals surface area contributed by atoms with Gasteiger partial charge in [0, 0.05) is 19.0 Å². The lowest BCUT2D eigenvalue weighted by Gasteiger charge is -2.39. The summed E-state index contributed by atoms with van der Waals surface area (Å²) in [4.78, 5) is 26.0. The first-order valence-electron chi connectivity index (χ1n) is 10.8. The summed E-state index contributed by atoms with van der Waals surface area (Å²) in [5.41, 5.74) is -0.124. The maximum Gasteiger partial charge on any atom is 0.494 e. The number of hydrogen-bond donors (Lipinski definition) is 0. The molecule has 2 heterocycles. The van der Waals surface area contributed by atoms with E-state index in [1.54, 1.807) is 17.0 Å². The highest BCUT2D eigenvalue weighted by Crippen LogP contribution is 2.36. The molecule has 2 saturated heterocycles. The minimum absolute atomic E-state index is 0.0858. The molecule has 0 saturated carbocycles. The summed E-state index contributed by atoms with van der Waals surface area (Å²) in [6.07, 6.45) is -0.306. The van der Waals surface area contributed by atoms with E-state index in [-0.39, 0.29) is 17.8 Å². The zero-order valence-corrected chi connectivity index (χ0v) is 19.9. The van der Waals surface area contributed by atoms with Crippen molar-refractivity contribution < 1.29 is 28.4 Å². The highest BCUT2D eigenvalue weighted by atomic mass is 16.7. The lowest BCUT2D eigenvalue weighted by molar-refractivity contribution is -0.00783. The normalized spacial score (nSPS) is 20.4. The molecule has 7 nitrogen and oxygen atoms in total. The second-order valence-electron chi connectivity index (χ2n) is 10.5. The smallest absolute Gasteiger partial charge is 0.492 e. The second-order valence-corrected chi connectivity index (χ2v) is 10.5. The van der Waals surface area contributed by atoms with E-state index in [0.29, 0.717) is 31.0 Å². The fraction of sp³-hybridized carbons (Fsp3) is 0.652. The molecule has 8 heteroatoms. The summed E-state index contributed by atoms with van der Waals surface area (Å²) in [5.74, 6) is 0.649. The Balaban J connectivity index is 1.61. The number of carbonyl (C=O) groups is 2. The Morgan fingerprint density at radius 2 is 1.71 bits per heavy atom. The van der Waals surface area contributed by atoms with Crippen LogP contribution in [0.15, 0.2) is 18.2 Å². The van der Waals surface area contributed by atoms with Gasteiger partial charge in [-0.1, -0.05) is 6.07 Å². The highest BCUT2D eigenvalue weighted by Gasteiger charge is 2.51. The number of rotatable bonds is 5. The molecule has 0 N–H and O–H groups in total. The van der Waals surface area contributed by atoms with Crippen molar-refractivity contribution in [3.63, 3.8) is 0 Å². The van der Waals surface area contributed by atoms with Crippen LogP contribution in [-0.2, 0) is 14.0 Å². The molecule has 0 atom stereocenters. The van der Waals surface area contributed by atoms with Crippen LogP contribution in [0.5, 0.6) is 5.75 Å². The van der Waals surface area contributed by atoms with E-state index in [4.69, 9.17) is 18.8 Å². The summed E-state index contributed by atoms with van der Waals surface area (Å²) in [5, 5.41) is 0. The molecule has 0 aromatic heterocycles. The maximum atomic E-state index is 12.3. The molecule has 0 radical (unpaired) electrons. The Labute approximate surface area is 185 Å². The van der Waals surface area contributed by atoms with E-state index < -0.39 is 23.9 Å². The van der Waals surface area contributed by atoms with Gasteiger partial charge in [-0.25, -0.2) is 4.79 Å². The Hall–Kier alpha value is -2.06. The number of amides is 1. The average molecular weight is 431 g/mol. The van der Waals surface area contributed by atoms with Gasteiger partial charge >= 0.3 is 13.2 Å². The van der Waals surface area contributed by atoms with Gasteiger partial charge in [-0.3, -0.25) is 4.79 Å². The molecule has 31 heavy (non-hydrogen) atoms. The van der Waals surface area contributed by atoms with Gasteiger partial charge in [-0.2, -0.15) is 0 Å². The van der Waals surface area contributed by atoms with E-state index in [2.05, 4.69) is 0 Å². The van der Waals surface area contributed by atoms with Crippen LogP contribution in [0.1, 0.15) is 65.7 Å². The number of benzene rings is 1. The van der Waals surface area contributed by atoms with Crippen LogP contribution in [-0.4, -0.2) is 60.4 Å². The van der Waals surface area contributed by atoms with E-state index in [0.717, 1.165) is 5.46 Å². The molecule has 2 fully saturated rings. The number of nitrogens with zero attached hydrogens (tertiary/aromatic N) is 1. The van der Waals surface area contributed by atoms with Gasteiger partial charge in [0.1, 0.15) is 11.4 Å². The monoisotopic (exact) mass is 431 g/mol. The summed E-state index contributed by atoms with van der Waals surface area (Å²) < 4.78 is 23.5. The van der Waals surface area contributed by atoms with Gasteiger partial charge in [-0.15, -0.1) is 0 Å². The fourth-order valence-corrected chi connectivity index (χ4v) is 3.43. The van der Waals surface area contributed by atoms with Crippen molar-refractivity contribution in [3.05, 3.63) is 23.8 Å². The van der Waals surface area contributed by atoms with Crippen molar-refractivity contribution >= 4 is 24.5 Å². The predicted octanol–water partition coefficient (Wildman–Crippen LogP) is 3.43. The number of carbonyl (C=O) groups excluding carboxylic acids is 2. The van der Waals surface area contributed by atoms with E-state index in [9.17, 15) is 9.59 Å².